The van der Waals surface area contributed by atoms with Gasteiger partial charge < -0.3 is 10.2 Å². The van der Waals surface area contributed by atoms with Gasteiger partial charge in [-0.3, -0.25) is 14.5 Å². The van der Waals surface area contributed by atoms with E-state index in [1.165, 1.54) is 29.2 Å². The average molecular weight is 406 g/mol. The maximum absolute atomic E-state index is 13.0. The summed E-state index contributed by atoms with van der Waals surface area (Å²) >= 11 is 11.3. The molecule has 1 atom stereocenters. The molecule has 2 amide bonds. The highest BCUT2D eigenvalue weighted by Crippen LogP contribution is 2.23. The standard InChI is InChI=1S/C19H17ClFN3O2S/c1-23-18(26)16(10-17(25)22-15-8-6-14(21)7-9-15)24(19(23)27)11-12-2-4-13(20)5-3-12/h2-9,16H,10-11H2,1H3,(H,22,25)/t16-/m0/s1. The number of anilines is 1. The van der Waals surface area contributed by atoms with Gasteiger partial charge in [-0.1, -0.05) is 23.7 Å². The van der Waals surface area contributed by atoms with Gasteiger partial charge in [0.25, 0.3) is 5.91 Å². The molecule has 2 aromatic carbocycles. The number of halogens is 2. The molecule has 1 aliphatic heterocycles. The first-order chi connectivity index (χ1) is 12.8. The number of nitrogens with zero attached hydrogens (tertiary/aromatic N) is 2. The lowest BCUT2D eigenvalue weighted by Crippen LogP contribution is -2.37. The van der Waals surface area contributed by atoms with Gasteiger partial charge in [0, 0.05) is 24.3 Å². The second kappa shape index (κ2) is 8.02. The predicted molar refractivity (Wildman–Crippen MR) is 106 cm³/mol. The lowest BCUT2D eigenvalue weighted by Gasteiger charge is -2.23. The molecule has 0 bridgehead atoms. The highest BCUT2D eigenvalue weighted by Gasteiger charge is 2.41. The number of nitrogens with one attached hydrogen (secondary N) is 1. The van der Waals surface area contributed by atoms with Gasteiger partial charge in [0.1, 0.15) is 11.9 Å². The van der Waals surface area contributed by atoms with Crippen LogP contribution in [0, 0.1) is 5.82 Å². The lowest BCUT2D eigenvalue weighted by molar-refractivity contribution is -0.130. The zero-order valence-corrected chi connectivity index (χ0v) is 16.1. The highest BCUT2D eigenvalue weighted by molar-refractivity contribution is 7.80. The third kappa shape index (κ3) is 4.43. The van der Waals surface area contributed by atoms with Crippen molar-refractivity contribution in [1.82, 2.24) is 9.80 Å². The average Bonchev–Trinajstić information content (AvgIpc) is 2.83. The summed E-state index contributed by atoms with van der Waals surface area (Å²) < 4.78 is 13.0. The van der Waals surface area contributed by atoms with Crippen LogP contribution >= 0.6 is 23.8 Å². The van der Waals surface area contributed by atoms with E-state index in [1.807, 2.05) is 12.1 Å². The largest absolute Gasteiger partial charge is 0.332 e. The Kier molecular flexibility index (Phi) is 5.72. The van der Waals surface area contributed by atoms with E-state index in [-0.39, 0.29) is 24.1 Å². The zero-order valence-electron chi connectivity index (χ0n) is 14.5. The summed E-state index contributed by atoms with van der Waals surface area (Å²) in [5.41, 5.74) is 1.39. The van der Waals surface area contributed by atoms with Crippen molar-refractivity contribution in [1.29, 1.82) is 0 Å². The molecular formula is C19H17ClFN3O2S. The third-order valence-corrected chi connectivity index (χ3v) is 5.06. The summed E-state index contributed by atoms with van der Waals surface area (Å²) in [6, 6.07) is 12.0. The molecule has 1 aliphatic rings. The predicted octanol–water partition coefficient (Wildman–Crippen LogP) is 3.44. The molecule has 2 aromatic rings. The molecule has 1 saturated heterocycles. The van der Waals surface area contributed by atoms with E-state index in [2.05, 4.69) is 5.32 Å². The van der Waals surface area contributed by atoms with Crippen molar-refractivity contribution in [3.05, 3.63) is 64.9 Å². The zero-order chi connectivity index (χ0) is 19.6. The second-order valence-electron chi connectivity index (χ2n) is 6.21. The topological polar surface area (TPSA) is 52.7 Å². The van der Waals surface area contributed by atoms with Gasteiger partial charge in [0.2, 0.25) is 5.91 Å². The molecule has 1 N–H and O–H groups in total. The summed E-state index contributed by atoms with van der Waals surface area (Å²) in [7, 11) is 1.59. The molecule has 3 rings (SSSR count). The van der Waals surface area contributed by atoms with Crippen LogP contribution in [0.2, 0.25) is 5.02 Å². The molecule has 0 spiro atoms. The van der Waals surface area contributed by atoms with Crippen LogP contribution in [-0.4, -0.2) is 39.8 Å². The molecule has 0 saturated carbocycles. The van der Waals surface area contributed by atoms with E-state index < -0.39 is 6.04 Å². The Morgan fingerprint density at radius 2 is 1.81 bits per heavy atom. The first kappa shape index (κ1) is 19.3. The van der Waals surface area contributed by atoms with Gasteiger partial charge in [-0.05, 0) is 54.2 Å². The van der Waals surface area contributed by atoms with E-state index in [0.717, 1.165) is 5.56 Å². The van der Waals surface area contributed by atoms with Crippen molar-refractivity contribution in [2.45, 2.75) is 19.0 Å². The minimum Gasteiger partial charge on any atom is -0.332 e. The molecule has 0 aliphatic carbocycles. The van der Waals surface area contributed by atoms with Crippen LogP contribution in [-0.2, 0) is 16.1 Å². The first-order valence-corrected chi connectivity index (χ1v) is 9.02. The van der Waals surface area contributed by atoms with Gasteiger partial charge in [-0.15, -0.1) is 0 Å². The number of amides is 2. The Labute approximate surface area is 166 Å². The number of carbonyl (C=O) groups is 2. The van der Waals surface area contributed by atoms with Crippen LogP contribution < -0.4 is 5.32 Å². The summed E-state index contributed by atoms with van der Waals surface area (Å²) in [5.74, 6) is -0.970. The quantitative estimate of drug-likeness (QED) is 0.774. The molecule has 8 heteroatoms. The highest BCUT2D eigenvalue weighted by atomic mass is 35.5. The summed E-state index contributed by atoms with van der Waals surface area (Å²) in [4.78, 5) is 28.0. The Bertz CT molecular complexity index is 874. The Morgan fingerprint density at radius 3 is 2.44 bits per heavy atom. The smallest absolute Gasteiger partial charge is 0.251 e. The monoisotopic (exact) mass is 405 g/mol. The maximum Gasteiger partial charge on any atom is 0.251 e. The normalized spacial score (nSPS) is 16.8. The Morgan fingerprint density at radius 1 is 1.19 bits per heavy atom. The van der Waals surface area contributed by atoms with Crippen molar-refractivity contribution in [3.8, 4) is 0 Å². The van der Waals surface area contributed by atoms with E-state index in [1.54, 1.807) is 24.1 Å². The van der Waals surface area contributed by atoms with Crippen LogP contribution in [0.25, 0.3) is 0 Å². The number of benzene rings is 2. The maximum atomic E-state index is 13.0. The molecule has 5 nitrogen and oxygen atoms in total. The van der Waals surface area contributed by atoms with Crippen molar-refractivity contribution in [3.63, 3.8) is 0 Å². The van der Waals surface area contributed by atoms with E-state index in [0.29, 0.717) is 22.4 Å². The Balaban J connectivity index is 1.72. The van der Waals surface area contributed by atoms with Gasteiger partial charge in [0.05, 0.1) is 6.42 Å². The van der Waals surface area contributed by atoms with E-state index in [9.17, 15) is 14.0 Å². The molecule has 1 fully saturated rings. The van der Waals surface area contributed by atoms with Gasteiger partial charge in [-0.2, -0.15) is 0 Å². The first-order valence-electron chi connectivity index (χ1n) is 8.23. The fourth-order valence-electron chi connectivity index (χ4n) is 2.86. The molecular weight excluding hydrogens is 389 g/mol. The third-order valence-electron chi connectivity index (χ3n) is 4.30. The minimum absolute atomic E-state index is 0.0612. The van der Waals surface area contributed by atoms with Crippen molar-refractivity contribution < 1.29 is 14.0 Å². The van der Waals surface area contributed by atoms with Gasteiger partial charge >= 0.3 is 0 Å². The van der Waals surface area contributed by atoms with Crippen LogP contribution in [0.5, 0.6) is 0 Å². The van der Waals surface area contributed by atoms with Crippen LogP contribution in [0.4, 0.5) is 10.1 Å². The number of hydrogen-bond acceptors (Lipinski definition) is 3. The SMILES string of the molecule is CN1C(=O)[C@H](CC(=O)Nc2ccc(F)cc2)N(Cc2ccc(Cl)cc2)C1=S. The van der Waals surface area contributed by atoms with Gasteiger partial charge in [-0.25, -0.2) is 4.39 Å². The lowest BCUT2D eigenvalue weighted by atomic mass is 10.1. The van der Waals surface area contributed by atoms with E-state index in [4.69, 9.17) is 23.8 Å². The molecule has 140 valence electrons. The molecule has 0 aromatic heterocycles. The van der Waals surface area contributed by atoms with Crippen LogP contribution in [0.1, 0.15) is 12.0 Å². The molecule has 0 unspecified atom stereocenters. The number of hydrogen-bond donors (Lipinski definition) is 1. The fourth-order valence-corrected chi connectivity index (χ4v) is 3.27. The summed E-state index contributed by atoms with van der Waals surface area (Å²) in [6.07, 6.45) is -0.0612. The summed E-state index contributed by atoms with van der Waals surface area (Å²) in [6.45, 7) is 0.389. The second-order valence-corrected chi connectivity index (χ2v) is 7.01. The van der Waals surface area contributed by atoms with Crippen molar-refractivity contribution in [2.24, 2.45) is 0 Å². The van der Waals surface area contributed by atoms with Gasteiger partial charge in [0.15, 0.2) is 5.11 Å². The number of likely N-dealkylation sites (N-methyl/N-ethyl adjacent to an activating group) is 1. The number of carbonyl (C=O) groups excluding carboxylic acids is 2. The molecule has 0 radical (unpaired) electrons. The van der Waals surface area contributed by atoms with Crippen LogP contribution in [0.3, 0.4) is 0 Å². The molecule has 27 heavy (non-hydrogen) atoms. The van der Waals surface area contributed by atoms with Crippen molar-refractivity contribution in [2.75, 3.05) is 12.4 Å². The Hall–Kier alpha value is -2.51. The molecule has 1 heterocycles. The minimum atomic E-state index is -0.696. The number of thiocarbonyl (C=S) groups is 1. The fraction of sp³-hybridized carbons (Fsp3) is 0.211. The van der Waals surface area contributed by atoms with Crippen LogP contribution in [0.15, 0.2) is 48.5 Å². The summed E-state index contributed by atoms with van der Waals surface area (Å²) in [5, 5.41) is 3.66. The number of rotatable bonds is 5. The van der Waals surface area contributed by atoms with Crippen molar-refractivity contribution >= 4 is 46.4 Å². The van der Waals surface area contributed by atoms with E-state index >= 15 is 0 Å².